The summed E-state index contributed by atoms with van der Waals surface area (Å²) in [6.45, 7) is 4.81. The number of nitrogens with zero attached hydrogens (tertiary/aromatic N) is 2. The first-order valence-corrected chi connectivity index (χ1v) is 8.09. The van der Waals surface area contributed by atoms with Crippen LogP contribution in [0.2, 0.25) is 0 Å². The minimum atomic E-state index is -0.158. The van der Waals surface area contributed by atoms with Crippen molar-refractivity contribution in [2.75, 3.05) is 11.9 Å². The minimum Gasteiger partial charge on any atom is -0.370 e. The molecule has 0 aliphatic heterocycles. The lowest BCUT2D eigenvalue weighted by atomic mass is 10.1. The molecule has 5 heteroatoms. The van der Waals surface area contributed by atoms with Crippen molar-refractivity contribution in [2.24, 2.45) is 0 Å². The Hall–Kier alpha value is -2.43. The molecule has 1 aromatic carbocycles. The highest BCUT2D eigenvalue weighted by molar-refractivity contribution is 5.93. The van der Waals surface area contributed by atoms with Gasteiger partial charge in [-0.05, 0) is 31.7 Å². The molecule has 0 saturated heterocycles. The second-order valence-corrected chi connectivity index (χ2v) is 5.59. The highest BCUT2D eigenvalue weighted by Gasteiger charge is 2.10. The summed E-state index contributed by atoms with van der Waals surface area (Å²) in [6, 6.07) is 12.2. The molecule has 1 aromatic heterocycles. The van der Waals surface area contributed by atoms with Gasteiger partial charge in [0.25, 0.3) is 5.91 Å². The second-order valence-electron chi connectivity index (χ2n) is 5.59. The third-order valence-corrected chi connectivity index (χ3v) is 3.68. The van der Waals surface area contributed by atoms with Crippen LogP contribution in [0.1, 0.15) is 42.7 Å². The van der Waals surface area contributed by atoms with Gasteiger partial charge in [0.05, 0.1) is 0 Å². The molecule has 2 N–H and O–H groups in total. The Kier molecular flexibility index (Phi) is 6.54. The molecule has 1 unspecified atom stereocenters. The van der Waals surface area contributed by atoms with E-state index in [0.29, 0.717) is 11.5 Å². The largest absolute Gasteiger partial charge is 0.370 e. The summed E-state index contributed by atoms with van der Waals surface area (Å²) in [6.07, 6.45) is 4.33. The predicted octanol–water partition coefficient (Wildman–Crippen LogP) is 3.05. The number of benzene rings is 1. The number of hydrogen-bond acceptors (Lipinski definition) is 4. The molecule has 0 saturated carbocycles. The molecule has 0 radical (unpaired) electrons. The first-order chi connectivity index (χ1) is 11.2. The van der Waals surface area contributed by atoms with Crippen molar-refractivity contribution in [1.29, 1.82) is 0 Å². The van der Waals surface area contributed by atoms with E-state index in [-0.39, 0.29) is 11.9 Å². The van der Waals surface area contributed by atoms with E-state index in [1.807, 2.05) is 19.9 Å². The highest BCUT2D eigenvalue weighted by atomic mass is 16.1. The van der Waals surface area contributed by atoms with Gasteiger partial charge in [0.2, 0.25) is 0 Å². The predicted molar refractivity (Wildman–Crippen MR) is 92.5 cm³/mol. The number of rotatable bonds is 8. The number of hydrogen-bond donors (Lipinski definition) is 2. The van der Waals surface area contributed by atoms with Crippen LogP contribution in [-0.4, -0.2) is 28.5 Å². The van der Waals surface area contributed by atoms with Crippen LogP contribution in [0, 0.1) is 0 Å². The zero-order chi connectivity index (χ0) is 16.5. The lowest BCUT2D eigenvalue weighted by molar-refractivity contribution is 0.0934. The highest BCUT2D eigenvalue weighted by Crippen LogP contribution is 2.06. The van der Waals surface area contributed by atoms with E-state index in [1.54, 1.807) is 6.07 Å². The van der Waals surface area contributed by atoms with E-state index < -0.39 is 0 Å². The maximum Gasteiger partial charge on any atom is 0.270 e. The van der Waals surface area contributed by atoms with Crippen molar-refractivity contribution in [3.8, 4) is 0 Å². The normalized spacial score (nSPS) is 11.7. The average molecular weight is 312 g/mol. The Morgan fingerprint density at radius 2 is 2.00 bits per heavy atom. The maximum atomic E-state index is 12.1. The summed E-state index contributed by atoms with van der Waals surface area (Å²) in [5.74, 6) is 0.524. The standard InChI is InChI=1S/C18H24N4O/c1-3-14(2)22-18(23)16-12-17(21-13-20-16)19-11-7-10-15-8-5-4-6-9-15/h4-6,8-9,12-14H,3,7,10-11H2,1-2H3,(H,22,23)(H,19,20,21). The monoisotopic (exact) mass is 312 g/mol. The number of amides is 1. The van der Waals surface area contributed by atoms with Gasteiger partial charge >= 0.3 is 0 Å². The Balaban J connectivity index is 1.81. The van der Waals surface area contributed by atoms with E-state index in [2.05, 4.69) is 44.9 Å². The molecule has 2 rings (SSSR count). The van der Waals surface area contributed by atoms with Crippen LogP contribution in [0.15, 0.2) is 42.7 Å². The van der Waals surface area contributed by atoms with Gasteiger partial charge in [0, 0.05) is 18.7 Å². The third-order valence-electron chi connectivity index (χ3n) is 3.68. The van der Waals surface area contributed by atoms with Crippen LogP contribution in [0.3, 0.4) is 0 Å². The quantitative estimate of drug-likeness (QED) is 0.735. The second kappa shape index (κ2) is 8.88. The smallest absolute Gasteiger partial charge is 0.270 e. The molecule has 2 aromatic rings. The maximum absolute atomic E-state index is 12.1. The third kappa shape index (κ3) is 5.70. The molecule has 0 aliphatic carbocycles. The van der Waals surface area contributed by atoms with E-state index in [1.165, 1.54) is 11.9 Å². The summed E-state index contributed by atoms with van der Waals surface area (Å²) in [5, 5.41) is 6.15. The molecule has 1 heterocycles. The van der Waals surface area contributed by atoms with Crippen LogP contribution < -0.4 is 10.6 Å². The van der Waals surface area contributed by atoms with Crippen LogP contribution in [0.25, 0.3) is 0 Å². The van der Waals surface area contributed by atoms with Gasteiger partial charge in [-0.25, -0.2) is 9.97 Å². The van der Waals surface area contributed by atoms with Crippen molar-refractivity contribution in [3.63, 3.8) is 0 Å². The molecule has 0 spiro atoms. The molecular weight excluding hydrogens is 288 g/mol. The van der Waals surface area contributed by atoms with Gasteiger partial charge in [0.1, 0.15) is 17.8 Å². The van der Waals surface area contributed by atoms with Gasteiger partial charge < -0.3 is 10.6 Å². The molecule has 0 aliphatic rings. The van der Waals surface area contributed by atoms with E-state index in [4.69, 9.17) is 0 Å². The molecule has 1 atom stereocenters. The van der Waals surface area contributed by atoms with E-state index in [9.17, 15) is 4.79 Å². The molecule has 0 bridgehead atoms. The molecule has 1 amide bonds. The van der Waals surface area contributed by atoms with Crippen molar-refractivity contribution < 1.29 is 4.79 Å². The molecule has 5 nitrogen and oxygen atoms in total. The van der Waals surface area contributed by atoms with Crippen LogP contribution in [-0.2, 0) is 6.42 Å². The number of carbonyl (C=O) groups excluding carboxylic acids is 1. The Labute approximate surface area is 137 Å². The fourth-order valence-electron chi connectivity index (χ4n) is 2.13. The number of aromatic nitrogens is 2. The summed E-state index contributed by atoms with van der Waals surface area (Å²) < 4.78 is 0. The van der Waals surface area contributed by atoms with Crippen LogP contribution in [0.5, 0.6) is 0 Å². The average Bonchev–Trinajstić information content (AvgIpc) is 2.59. The number of aryl methyl sites for hydroxylation is 1. The fraction of sp³-hybridized carbons (Fsp3) is 0.389. The number of nitrogens with one attached hydrogen (secondary N) is 2. The SMILES string of the molecule is CCC(C)NC(=O)c1cc(NCCCc2ccccc2)ncn1. The minimum absolute atomic E-state index is 0.139. The number of anilines is 1. The van der Waals surface area contributed by atoms with E-state index >= 15 is 0 Å². The molecule has 122 valence electrons. The van der Waals surface area contributed by atoms with Gasteiger partial charge in [0.15, 0.2) is 0 Å². The summed E-state index contributed by atoms with van der Waals surface area (Å²) in [7, 11) is 0. The van der Waals surface area contributed by atoms with Crippen LogP contribution >= 0.6 is 0 Å². The zero-order valence-corrected chi connectivity index (χ0v) is 13.7. The first-order valence-electron chi connectivity index (χ1n) is 8.09. The van der Waals surface area contributed by atoms with Crippen molar-refractivity contribution in [1.82, 2.24) is 15.3 Å². The van der Waals surface area contributed by atoms with Gasteiger partial charge in [-0.2, -0.15) is 0 Å². The van der Waals surface area contributed by atoms with Crippen molar-refractivity contribution in [3.05, 3.63) is 54.0 Å². The summed E-state index contributed by atoms with van der Waals surface area (Å²) in [4.78, 5) is 20.3. The summed E-state index contributed by atoms with van der Waals surface area (Å²) >= 11 is 0. The lowest BCUT2D eigenvalue weighted by Crippen LogP contribution is -2.32. The fourth-order valence-corrected chi connectivity index (χ4v) is 2.13. The van der Waals surface area contributed by atoms with E-state index in [0.717, 1.165) is 25.8 Å². The first kappa shape index (κ1) is 16.9. The van der Waals surface area contributed by atoms with Gasteiger partial charge in [-0.3, -0.25) is 4.79 Å². The molecule has 23 heavy (non-hydrogen) atoms. The van der Waals surface area contributed by atoms with Gasteiger partial charge in [-0.1, -0.05) is 37.3 Å². The topological polar surface area (TPSA) is 66.9 Å². The Morgan fingerprint density at radius 1 is 1.22 bits per heavy atom. The summed E-state index contributed by atoms with van der Waals surface area (Å²) in [5.41, 5.74) is 1.72. The lowest BCUT2D eigenvalue weighted by Gasteiger charge is -2.11. The van der Waals surface area contributed by atoms with Crippen molar-refractivity contribution in [2.45, 2.75) is 39.2 Å². The van der Waals surface area contributed by atoms with Crippen molar-refractivity contribution >= 4 is 11.7 Å². The number of carbonyl (C=O) groups is 1. The zero-order valence-electron chi connectivity index (χ0n) is 13.7. The Morgan fingerprint density at radius 3 is 2.74 bits per heavy atom. The van der Waals surface area contributed by atoms with Crippen LogP contribution in [0.4, 0.5) is 5.82 Å². The van der Waals surface area contributed by atoms with Gasteiger partial charge in [-0.15, -0.1) is 0 Å². The molecular formula is C18H24N4O. The Bertz CT molecular complexity index is 615. The molecule has 0 fully saturated rings.